The van der Waals surface area contributed by atoms with Crippen LogP contribution in [-0.4, -0.2) is 31.0 Å². The highest BCUT2D eigenvalue weighted by atomic mass is 79.9. The van der Waals surface area contributed by atoms with Crippen LogP contribution in [0.3, 0.4) is 0 Å². The van der Waals surface area contributed by atoms with E-state index in [0.717, 1.165) is 15.7 Å². The Morgan fingerprint density at radius 1 is 1.03 bits per heavy atom. The molecule has 3 aromatic carbocycles. The van der Waals surface area contributed by atoms with Crippen molar-refractivity contribution in [3.63, 3.8) is 0 Å². The van der Waals surface area contributed by atoms with Gasteiger partial charge in [-0.2, -0.15) is 14.6 Å². The van der Waals surface area contributed by atoms with E-state index in [-0.39, 0.29) is 11.3 Å². The van der Waals surface area contributed by atoms with Gasteiger partial charge in [-0.3, -0.25) is 4.79 Å². The lowest BCUT2D eigenvalue weighted by atomic mass is 10.1. The lowest BCUT2D eigenvalue weighted by molar-refractivity contribution is 0.321. The molecule has 0 N–H and O–H groups in total. The van der Waals surface area contributed by atoms with E-state index in [0.29, 0.717) is 38.7 Å². The molecule has 6 aromatic rings. The van der Waals surface area contributed by atoms with E-state index < -0.39 is 5.82 Å². The Morgan fingerprint density at radius 3 is 2.50 bits per heavy atom. The van der Waals surface area contributed by atoms with E-state index in [1.54, 1.807) is 29.8 Å². The van der Waals surface area contributed by atoms with Gasteiger partial charge in [-0.25, -0.2) is 9.07 Å². The van der Waals surface area contributed by atoms with Crippen molar-refractivity contribution < 1.29 is 9.13 Å². The molecular weight excluding hydrogens is 569 g/mol. The van der Waals surface area contributed by atoms with E-state index >= 15 is 0 Å². The van der Waals surface area contributed by atoms with Crippen molar-refractivity contribution >= 4 is 38.3 Å². The van der Waals surface area contributed by atoms with Crippen molar-refractivity contribution in [2.75, 3.05) is 6.61 Å². The number of fused-ring (bicyclic) bond motifs is 1. The first-order chi connectivity index (χ1) is 18.5. The van der Waals surface area contributed by atoms with Crippen molar-refractivity contribution in [1.29, 1.82) is 0 Å². The third-order valence-corrected chi connectivity index (χ3v) is 7.33. The Kier molecular flexibility index (Phi) is 6.34. The average molecular weight is 588 g/mol. The molecule has 0 amide bonds. The zero-order valence-corrected chi connectivity index (χ0v) is 22.4. The normalized spacial score (nSPS) is 11.9. The predicted octanol–water partition coefficient (Wildman–Crippen LogP) is 5.52. The maximum atomic E-state index is 14.7. The van der Waals surface area contributed by atoms with Gasteiger partial charge in [0.2, 0.25) is 4.96 Å². The monoisotopic (exact) mass is 587 g/mol. The van der Waals surface area contributed by atoms with Gasteiger partial charge in [0.05, 0.1) is 16.8 Å². The van der Waals surface area contributed by atoms with Crippen molar-refractivity contribution in [2.45, 2.75) is 6.92 Å². The smallest absolute Gasteiger partial charge is 0.291 e. The minimum absolute atomic E-state index is 0.179. The first-order valence-electron chi connectivity index (χ1n) is 11.7. The topological polar surface area (TPSA) is 74.3 Å². The number of halogens is 2. The van der Waals surface area contributed by atoms with Crippen LogP contribution in [-0.2, 0) is 0 Å². The molecule has 38 heavy (non-hydrogen) atoms. The third kappa shape index (κ3) is 4.52. The maximum absolute atomic E-state index is 14.7. The van der Waals surface area contributed by atoms with E-state index in [1.165, 1.54) is 21.9 Å². The van der Waals surface area contributed by atoms with Gasteiger partial charge in [-0.15, -0.1) is 5.10 Å². The molecule has 0 unspecified atom stereocenters. The van der Waals surface area contributed by atoms with E-state index in [2.05, 4.69) is 26.0 Å². The fourth-order valence-corrected chi connectivity index (χ4v) is 5.21. The molecule has 0 aliphatic rings. The molecule has 0 aliphatic carbocycles. The minimum Gasteiger partial charge on any atom is -0.491 e. The summed E-state index contributed by atoms with van der Waals surface area (Å²) in [5, 5.41) is 9.16. The van der Waals surface area contributed by atoms with Gasteiger partial charge in [0.25, 0.3) is 5.56 Å². The van der Waals surface area contributed by atoms with Gasteiger partial charge >= 0.3 is 0 Å². The summed E-state index contributed by atoms with van der Waals surface area (Å²) in [5.41, 5.74) is 3.13. The highest BCUT2D eigenvalue weighted by molar-refractivity contribution is 9.10. The summed E-state index contributed by atoms with van der Waals surface area (Å²) in [6, 6.07) is 21.9. The number of benzene rings is 3. The molecule has 0 spiro atoms. The van der Waals surface area contributed by atoms with Crippen LogP contribution in [0.5, 0.6) is 5.75 Å². The summed E-state index contributed by atoms with van der Waals surface area (Å²) >= 11 is 4.66. The minimum atomic E-state index is -0.478. The highest BCUT2D eigenvalue weighted by Gasteiger charge is 2.16. The van der Waals surface area contributed by atoms with Crippen molar-refractivity contribution in [3.8, 4) is 34.1 Å². The fourth-order valence-electron chi connectivity index (χ4n) is 4.05. The Morgan fingerprint density at radius 2 is 1.79 bits per heavy atom. The fraction of sp³-hybridized carbons (Fsp3) is 0.0714. The second-order valence-corrected chi connectivity index (χ2v) is 10.3. The highest BCUT2D eigenvalue weighted by Crippen LogP contribution is 2.29. The average Bonchev–Trinajstić information content (AvgIpc) is 3.62. The Hall–Kier alpha value is -4.15. The summed E-state index contributed by atoms with van der Waals surface area (Å²) in [4.78, 5) is 18.3. The molecule has 0 atom stereocenters. The molecule has 0 saturated carbocycles. The molecule has 6 rings (SSSR count). The molecule has 10 heteroatoms. The van der Waals surface area contributed by atoms with E-state index in [4.69, 9.17) is 9.84 Å². The number of para-hydroxylation sites is 1. The van der Waals surface area contributed by atoms with Crippen LogP contribution < -0.4 is 14.8 Å². The van der Waals surface area contributed by atoms with Crippen LogP contribution >= 0.6 is 27.3 Å². The molecule has 7 nitrogen and oxygen atoms in total. The van der Waals surface area contributed by atoms with Crippen LogP contribution in [0.25, 0.3) is 39.4 Å². The number of hydrogen-bond acceptors (Lipinski definition) is 6. The molecule has 0 aliphatic heterocycles. The number of ether oxygens (including phenoxy) is 1. The molecule has 3 heterocycles. The largest absolute Gasteiger partial charge is 0.491 e. The van der Waals surface area contributed by atoms with Gasteiger partial charge in [0.1, 0.15) is 5.69 Å². The number of aromatic nitrogens is 5. The number of nitrogens with zero attached hydrogens (tertiary/aromatic N) is 5. The van der Waals surface area contributed by atoms with Crippen LogP contribution in [0.1, 0.15) is 12.5 Å². The third-order valence-electron chi connectivity index (χ3n) is 5.84. The molecule has 0 saturated heterocycles. The van der Waals surface area contributed by atoms with Gasteiger partial charge in [0.15, 0.2) is 17.4 Å². The van der Waals surface area contributed by atoms with Crippen LogP contribution in [0, 0.1) is 5.82 Å². The Balaban J connectivity index is 1.47. The molecule has 188 valence electrons. The second kappa shape index (κ2) is 9.96. The van der Waals surface area contributed by atoms with Crippen molar-refractivity contribution in [2.24, 2.45) is 0 Å². The summed E-state index contributed by atoms with van der Waals surface area (Å²) in [6.45, 7) is 2.17. The first-order valence-corrected chi connectivity index (χ1v) is 13.4. The first kappa shape index (κ1) is 24.2. The van der Waals surface area contributed by atoms with Gasteiger partial charge in [0, 0.05) is 27.4 Å². The zero-order chi connectivity index (χ0) is 26.2. The summed E-state index contributed by atoms with van der Waals surface area (Å²) < 4.78 is 24.5. The zero-order valence-electron chi connectivity index (χ0n) is 20.0. The van der Waals surface area contributed by atoms with Crippen LogP contribution in [0.2, 0.25) is 0 Å². The molecular formula is C28H19BrFN5O2S. The summed E-state index contributed by atoms with van der Waals surface area (Å²) in [6.07, 6.45) is 3.57. The van der Waals surface area contributed by atoms with Crippen LogP contribution in [0.15, 0.2) is 88.3 Å². The lowest BCUT2D eigenvalue weighted by Crippen LogP contribution is -2.23. The van der Waals surface area contributed by atoms with Crippen LogP contribution in [0.4, 0.5) is 4.39 Å². The van der Waals surface area contributed by atoms with E-state index in [1.807, 2.05) is 60.8 Å². The predicted molar refractivity (Wildman–Crippen MR) is 149 cm³/mol. The SMILES string of the molecule is CCOc1ccc(-c2nn(-c3ccccc3)cc2C=c2sc3nc(-c4ccc(Br)cc4)nn3c2=O)cc1F. The quantitative estimate of drug-likeness (QED) is 0.256. The maximum Gasteiger partial charge on any atom is 0.291 e. The van der Waals surface area contributed by atoms with Crippen molar-refractivity contribution in [3.05, 3.63) is 110 Å². The van der Waals surface area contributed by atoms with Gasteiger partial charge in [-0.05, 0) is 55.5 Å². The number of hydrogen-bond donors (Lipinski definition) is 0. The number of thiazole rings is 1. The Bertz CT molecular complexity index is 1880. The Labute approximate surface area is 228 Å². The van der Waals surface area contributed by atoms with E-state index in [9.17, 15) is 9.18 Å². The van der Waals surface area contributed by atoms with Gasteiger partial charge in [-0.1, -0.05) is 57.6 Å². The molecule has 0 bridgehead atoms. The van der Waals surface area contributed by atoms with Gasteiger partial charge < -0.3 is 4.74 Å². The summed E-state index contributed by atoms with van der Waals surface area (Å²) in [7, 11) is 0. The summed E-state index contributed by atoms with van der Waals surface area (Å²) in [5.74, 6) is 0.182. The van der Waals surface area contributed by atoms with Crippen molar-refractivity contribution in [1.82, 2.24) is 24.4 Å². The lowest BCUT2D eigenvalue weighted by Gasteiger charge is -2.06. The standard InChI is InChI=1S/C28H19BrFN5O2S/c1-2-37-23-13-10-18(14-22(23)30)25-19(16-34(32-25)21-6-4-3-5-7-21)15-24-27(36)35-28(38-24)31-26(33-35)17-8-11-20(29)12-9-17/h3-16H,2H2,1H3. The molecule has 0 radical (unpaired) electrons. The second-order valence-electron chi connectivity index (χ2n) is 8.34. The molecule has 0 fully saturated rings. The number of rotatable bonds is 6. The molecule has 3 aromatic heterocycles.